The fourth-order valence-electron chi connectivity index (χ4n) is 11.8. The third-order valence-electron chi connectivity index (χ3n) is 15.0. The quantitative estimate of drug-likeness (QED) is 0.211. The molecular formula is C45H55F2N3O10. The fourth-order valence-corrected chi connectivity index (χ4v) is 11.8. The third kappa shape index (κ3) is 6.35. The van der Waals surface area contributed by atoms with Gasteiger partial charge in [-0.3, -0.25) is 19.2 Å². The lowest BCUT2D eigenvalue weighted by atomic mass is 9.44. The average Bonchev–Trinajstić information content (AvgIpc) is 4.03. The zero-order valence-corrected chi connectivity index (χ0v) is 34.9. The summed E-state index contributed by atoms with van der Waals surface area (Å²) in [6, 6.07) is 1.25. The Morgan fingerprint density at radius 3 is 2.53 bits per heavy atom. The maximum atomic E-state index is 17.5. The van der Waals surface area contributed by atoms with Crippen LogP contribution in [0.2, 0.25) is 0 Å². The zero-order valence-electron chi connectivity index (χ0n) is 34.9. The molecule has 2 aromatic rings. The molecule has 5 aliphatic carbocycles. The SMILES string of the molecule is COc1c(N2CCNC(C)C2)c(F)cc2c(=O)c(C(=O)OCCCC(=O)OCC(=O)[C@]3(O)[C@H](C)C[C@@H]4[C@H]5CCC6=CC(=O)C=C[C@@]6(C)[C@]5(F)[C@H](O)C[C@]43C)cn(C3CC3)c12. The number of aliphatic hydroxyl groups is 2. The number of benzene rings is 1. The van der Waals surface area contributed by atoms with Crippen molar-refractivity contribution in [2.75, 3.05) is 44.9 Å². The number of nitrogens with zero attached hydrogens (tertiary/aromatic N) is 2. The maximum absolute atomic E-state index is 17.5. The molecule has 1 aromatic carbocycles. The summed E-state index contributed by atoms with van der Waals surface area (Å²) in [5, 5.41) is 27.1. The number of esters is 2. The topological polar surface area (TPSA) is 174 Å². The minimum atomic E-state index is -2.12. The highest BCUT2D eigenvalue weighted by atomic mass is 19.1. The second kappa shape index (κ2) is 15.2. The van der Waals surface area contributed by atoms with Crippen LogP contribution in [-0.2, 0) is 23.9 Å². The van der Waals surface area contributed by atoms with Crippen molar-refractivity contribution in [2.45, 2.75) is 109 Å². The lowest BCUT2D eigenvalue weighted by Gasteiger charge is -2.62. The smallest absolute Gasteiger partial charge is 0.343 e. The molecule has 60 heavy (non-hydrogen) atoms. The molecule has 0 radical (unpaired) electrons. The van der Waals surface area contributed by atoms with Crippen molar-refractivity contribution in [3.63, 3.8) is 0 Å². The highest BCUT2D eigenvalue weighted by Crippen LogP contribution is 2.70. The molecule has 4 saturated carbocycles. The number of pyridine rings is 1. The molecule has 1 saturated heterocycles. The number of allylic oxidation sites excluding steroid dienone is 4. The molecule has 1 aromatic heterocycles. The van der Waals surface area contributed by atoms with Crippen LogP contribution < -0.4 is 20.4 Å². The van der Waals surface area contributed by atoms with Gasteiger partial charge in [0.15, 0.2) is 29.6 Å². The number of aromatic nitrogens is 1. The first-order valence-electron chi connectivity index (χ1n) is 21.2. The Labute approximate surface area is 347 Å². The van der Waals surface area contributed by atoms with Crippen LogP contribution in [0.1, 0.15) is 95.5 Å². The zero-order chi connectivity index (χ0) is 43.1. The van der Waals surface area contributed by atoms with Gasteiger partial charge in [0.2, 0.25) is 11.2 Å². The number of hydrogen-bond donors (Lipinski definition) is 3. The van der Waals surface area contributed by atoms with Gasteiger partial charge in [-0.15, -0.1) is 0 Å². The number of fused-ring (bicyclic) bond motifs is 6. The molecule has 0 bridgehead atoms. The molecule has 9 atom stereocenters. The van der Waals surface area contributed by atoms with Gasteiger partial charge in [0, 0.05) is 61.1 Å². The Kier molecular flexibility index (Phi) is 10.7. The predicted molar refractivity (Wildman–Crippen MR) is 216 cm³/mol. The molecule has 0 spiro atoms. The van der Waals surface area contributed by atoms with E-state index in [9.17, 15) is 34.2 Å². The Balaban J connectivity index is 0.903. The second-order valence-corrected chi connectivity index (χ2v) is 18.4. The molecule has 324 valence electrons. The normalized spacial score (nSPS) is 34.7. The molecule has 1 aliphatic heterocycles. The van der Waals surface area contributed by atoms with Crippen LogP contribution in [0.25, 0.3) is 10.9 Å². The van der Waals surface area contributed by atoms with Crippen LogP contribution in [-0.4, -0.2) is 102 Å². The van der Waals surface area contributed by atoms with Crippen molar-refractivity contribution in [1.82, 2.24) is 9.88 Å². The molecule has 2 heterocycles. The van der Waals surface area contributed by atoms with Gasteiger partial charge in [0.25, 0.3) is 0 Å². The average molecular weight is 836 g/mol. The van der Waals surface area contributed by atoms with Crippen LogP contribution in [0.4, 0.5) is 14.5 Å². The van der Waals surface area contributed by atoms with Gasteiger partial charge in [0.1, 0.15) is 16.9 Å². The number of nitrogens with one attached hydrogen (secondary N) is 1. The molecular weight excluding hydrogens is 781 g/mol. The van der Waals surface area contributed by atoms with E-state index in [0.717, 1.165) is 18.9 Å². The van der Waals surface area contributed by atoms with Crippen LogP contribution in [0.3, 0.4) is 0 Å². The molecule has 3 N–H and O–H groups in total. The minimum absolute atomic E-state index is 0.000245. The number of aliphatic hydroxyl groups excluding tert-OH is 1. The summed E-state index contributed by atoms with van der Waals surface area (Å²) in [6.07, 6.45) is 6.50. The van der Waals surface area contributed by atoms with Crippen molar-refractivity contribution >= 4 is 40.1 Å². The summed E-state index contributed by atoms with van der Waals surface area (Å²) >= 11 is 0. The second-order valence-electron chi connectivity index (χ2n) is 18.4. The summed E-state index contributed by atoms with van der Waals surface area (Å²) in [4.78, 5) is 67.8. The van der Waals surface area contributed by atoms with Gasteiger partial charge in [-0.1, -0.05) is 25.5 Å². The van der Waals surface area contributed by atoms with E-state index < -0.39 is 81.5 Å². The van der Waals surface area contributed by atoms with E-state index in [1.54, 1.807) is 31.4 Å². The summed E-state index contributed by atoms with van der Waals surface area (Å²) < 4.78 is 51.6. The molecule has 15 heteroatoms. The molecule has 8 rings (SSSR count). The van der Waals surface area contributed by atoms with Gasteiger partial charge < -0.3 is 39.2 Å². The van der Waals surface area contributed by atoms with E-state index in [4.69, 9.17) is 14.2 Å². The lowest BCUT2D eigenvalue weighted by molar-refractivity contribution is -0.220. The molecule has 6 aliphatic rings. The van der Waals surface area contributed by atoms with Gasteiger partial charge in [-0.05, 0) is 88.8 Å². The van der Waals surface area contributed by atoms with Crippen molar-refractivity contribution in [1.29, 1.82) is 0 Å². The van der Waals surface area contributed by atoms with Gasteiger partial charge in [0.05, 0.1) is 30.7 Å². The van der Waals surface area contributed by atoms with E-state index in [-0.39, 0.29) is 66.1 Å². The number of carbonyl (C=O) groups is 4. The number of carbonyl (C=O) groups excluding carboxylic acids is 4. The standard InChI is InChI=1S/C45H55F2N3O10/c1-24-17-32-31-11-8-26-18-28(51)12-13-42(26,3)44(31,47)34(52)20-43(32,4)45(24,57)35(53)23-60-36(54)7-6-16-59-41(56)30-22-50(27-9-10-27)37-29(39(30)55)19-33(46)38(40(37)58-5)49-15-14-48-25(2)21-49/h12-13,18-19,22,24-25,27,31-32,34,48,52,57H,6-11,14-17,20-21,23H2,1-5H3/t24-,25?,31-,32-,34-,42-,43-,44-,45-/m1/s1. The first-order valence-corrected chi connectivity index (χ1v) is 21.2. The molecule has 13 nitrogen and oxygen atoms in total. The minimum Gasteiger partial charge on any atom is -0.492 e. The van der Waals surface area contributed by atoms with E-state index in [0.29, 0.717) is 50.0 Å². The predicted octanol–water partition coefficient (Wildman–Crippen LogP) is 4.68. The highest BCUT2D eigenvalue weighted by molar-refractivity contribution is 6.01. The number of alkyl halides is 1. The Hall–Kier alpha value is -4.47. The van der Waals surface area contributed by atoms with Gasteiger partial charge in [-0.2, -0.15) is 0 Å². The summed E-state index contributed by atoms with van der Waals surface area (Å²) in [7, 11) is 1.43. The number of halogens is 2. The van der Waals surface area contributed by atoms with E-state index in [1.807, 2.05) is 11.8 Å². The number of hydrogen-bond acceptors (Lipinski definition) is 12. The van der Waals surface area contributed by atoms with E-state index >= 15 is 8.78 Å². The molecule has 1 unspecified atom stereocenters. The number of Topliss-reactive ketones (excluding diaryl/α,β-unsaturated/α-hetero) is 1. The van der Waals surface area contributed by atoms with Crippen LogP contribution >= 0.6 is 0 Å². The summed E-state index contributed by atoms with van der Waals surface area (Å²) in [5.41, 5.74) is -6.25. The number of anilines is 1. The lowest BCUT2D eigenvalue weighted by Crippen LogP contribution is -2.69. The van der Waals surface area contributed by atoms with Gasteiger partial charge in [-0.25, -0.2) is 13.6 Å². The molecule has 5 fully saturated rings. The van der Waals surface area contributed by atoms with Gasteiger partial charge >= 0.3 is 11.9 Å². The van der Waals surface area contributed by atoms with Crippen LogP contribution in [0, 0.1) is 34.4 Å². The maximum Gasteiger partial charge on any atom is 0.343 e. The first-order chi connectivity index (χ1) is 28.4. The van der Waals surface area contributed by atoms with Crippen molar-refractivity contribution < 1.29 is 52.4 Å². The largest absolute Gasteiger partial charge is 0.492 e. The number of ketones is 2. The number of piperazine rings is 1. The van der Waals surface area contributed by atoms with Crippen molar-refractivity contribution in [3.05, 3.63) is 57.7 Å². The third-order valence-corrected chi connectivity index (χ3v) is 15.0. The number of methoxy groups -OCH3 is 1. The number of ether oxygens (including phenoxy) is 3. The first kappa shape index (κ1) is 42.2. The summed E-state index contributed by atoms with van der Waals surface area (Å²) in [6.45, 7) is 7.86. The van der Waals surface area contributed by atoms with E-state index in [1.165, 1.54) is 25.5 Å². The Bertz CT molecular complexity index is 2270. The number of rotatable bonds is 11. The summed E-state index contributed by atoms with van der Waals surface area (Å²) in [5.74, 6) is -4.88. The van der Waals surface area contributed by atoms with Crippen LogP contribution in [0.15, 0.2) is 40.9 Å². The van der Waals surface area contributed by atoms with E-state index in [2.05, 4.69) is 5.32 Å². The fraction of sp³-hybridized carbons (Fsp3) is 0.622. The van der Waals surface area contributed by atoms with Crippen molar-refractivity contribution in [3.8, 4) is 5.75 Å². The Morgan fingerprint density at radius 1 is 1.08 bits per heavy atom. The Morgan fingerprint density at radius 2 is 1.83 bits per heavy atom. The monoisotopic (exact) mass is 835 g/mol. The molecule has 0 amide bonds. The van der Waals surface area contributed by atoms with Crippen LogP contribution in [0.5, 0.6) is 5.75 Å². The highest BCUT2D eigenvalue weighted by Gasteiger charge is 2.75. The van der Waals surface area contributed by atoms with Crippen molar-refractivity contribution in [2.24, 2.45) is 28.6 Å².